The molecule has 0 radical (unpaired) electrons. The van der Waals surface area contributed by atoms with Gasteiger partial charge in [0, 0.05) is 11.6 Å². The summed E-state index contributed by atoms with van der Waals surface area (Å²) in [5.41, 5.74) is 6.59. The molecule has 2 N–H and O–H groups in total. The summed E-state index contributed by atoms with van der Waals surface area (Å²) in [6.45, 7) is 12.6. The van der Waals surface area contributed by atoms with E-state index in [9.17, 15) is 5.11 Å². The lowest BCUT2D eigenvalue weighted by Gasteiger charge is -2.61. The van der Waals surface area contributed by atoms with Gasteiger partial charge in [0.1, 0.15) is 0 Å². The van der Waals surface area contributed by atoms with Crippen molar-refractivity contribution in [3.8, 4) is 0 Å². The monoisotopic (exact) mass is 492 g/mol. The lowest BCUT2D eigenvalue weighted by molar-refractivity contribution is -0.0938. The summed E-state index contributed by atoms with van der Waals surface area (Å²) in [5.74, 6) is 5.35. The highest BCUT2D eigenvalue weighted by Crippen LogP contribution is 2.68. The van der Waals surface area contributed by atoms with Crippen molar-refractivity contribution in [3.05, 3.63) is 30.3 Å². The number of hydrogen-bond donors (Lipinski definition) is 2. The molecule has 200 valence electrons. The SMILES string of the molecule is CC(C)CCC[C@@H](C)[C@H]1CC[C@H]2C3C/C(=N/Nc4ccccc4)C4C[C@@H](O)CC[C@]4(C)C3CC[C@]12C. The van der Waals surface area contributed by atoms with Crippen LogP contribution in [0.15, 0.2) is 35.4 Å². The first-order chi connectivity index (χ1) is 17.2. The molecule has 1 aromatic carbocycles. The van der Waals surface area contributed by atoms with Crippen LogP contribution in [0.25, 0.3) is 0 Å². The van der Waals surface area contributed by atoms with Crippen LogP contribution in [-0.2, 0) is 0 Å². The van der Waals surface area contributed by atoms with Gasteiger partial charge < -0.3 is 5.11 Å². The molecule has 36 heavy (non-hydrogen) atoms. The quantitative estimate of drug-likeness (QED) is 0.374. The Morgan fingerprint density at radius 1 is 0.944 bits per heavy atom. The number of aliphatic hydroxyl groups excluding tert-OH is 1. The second-order valence-corrected chi connectivity index (χ2v) is 14.2. The highest BCUT2D eigenvalue weighted by molar-refractivity contribution is 5.89. The maximum Gasteiger partial charge on any atom is 0.0561 e. The Labute approximate surface area is 220 Å². The zero-order chi connectivity index (χ0) is 25.5. The Morgan fingerprint density at radius 3 is 2.42 bits per heavy atom. The second-order valence-electron chi connectivity index (χ2n) is 14.2. The average Bonchev–Trinajstić information content (AvgIpc) is 3.21. The predicted octanol–water partition coefficient (Wildman–Crippen LogP) is 8.55. The van der Waals surface area contributed by atoms with E-state index in [0.29, 0.717) is 11.3 Å². The molecule has 0 saturated heterocycles. The van der Waals surface area contributed by atoms with Crippen LogP contribution in [0.3, 0.4) is 0 Å². The molecule has 3 unspecified atom stereocenters. The van der Waals surface area contributed by atoms with Crippen LogP contribution in [0.5, 0.6) is 0 Å². The van der Waals surface area contributed by atoms with Crippen molar-refractivity contribution in [2.24, 2.45) is 57.4 Å². The first-order valence-electron chi connectivity index (χ1n) is 15.3. The summed E-state index contributed by atoms with van der Waals surface area (Å²) in [6, 6.07) is 10.4. The predicted molar refractivity (Wildman–Crippen MR) is 152 cm³/mol. The first-order valence-corrected chi connectivity index (χ1v) is 15.3. The van der Waals surface area contributed by atoms with Gasteiger partial charge in [0.05, 0.1) is 11.8 Å². The molecular formula is C33H52N2O. The van der Waals surface area contributed by atoms with Gasteiger partial charge in [-0.3, -0.25) is 5.43 Å². The topological polar surface area (TPSA) is 44.6 Å². The highest BCUT2D eigenvalue weighted by Gasteiger charge is 2.62. The fraction of sp³-hybridized carbons (Fsp3) is 0.788. The van der Waals surface area contributed by atoms with E-state index in [1.807, 2.05) is 0 Å². The normalized spacial score (nSPS) is 42.0. The molecule has 4 aliphatic rings. The largest absolute Gasteiger partial charge is 0.393 e. The summed E-state index contributed by atoms with van der Waals surface area (Å²) < 4.78 is 0. The molecule has 4 fully saturated rings. The highest BCUT2D eigenvalue weighted by atomic mass is 16.3. The van der Waals surface area contributed by atoms with Gasteiger partial charge in [-0.15, -0.1) is 0 Å². The molecule has 9 atom stereocenters. The third kappa shape index (κ3) is 4.79. The van der Waals surface area contributed by atoms with Crippen molar-refractivity contribution >= 4 is 11.4 Å². The van der Waals surface area contributed by atoms with E-state index in [0.717, 1.165) is 66.9 Å². The van der Waals surface area contributed by atoms with E-state index >= 15 is 0 Å². The average molecular weight is 493 g/mol. The molecule has 5 rings (SSSR count). The lowest BCUT2D eigenvalue weighted by Crippen LogP contribution is -2.57. The van der Waals surface area contributed by atoms with Gasteiger partial charge in [-0.05, 0) is 110 Å². The summed E-state index contributed by atoms with van der Waals surface area (Å²) in [4.78, 5) is 0. The number of fused-ring (bicyclic) bond motifs is 5. The van der Waals surface area contributed by atoms with Gasteiger partial charge in [0.25, 0.3) is 0 Å². The Bertz CT molecular complexity index is 912. The van der Waals surface area contributed by atoms with Crippen molar-refractivity contribution in [3.63, 3.8) is 0 Å². The molecule has 3 nitrogen and oxygen atoms in total. The van der Waals surface area contributed by atoms with Crippen molar-refractivity contribution in [1.82, 2.24) is 0 Å². The van der Waals surface area contributed by atoms with E-state index in [1.54, 1.807) is 0 Å². The summed E-state index contributed by atoms with van der Waals surface area (Å²) in [7, 11) is 0. The molecule has 4 aliphatic carbocycles. The Balaban J connectivity index is 1.39. The Hall–Kier alpha value is -1.35. The molecule has 4 saturated carbocycles. The van der Waals surface area contributed by atoms with Crippen LogP contribution in [-0.4, -0.2) is 16.9 Å². The number of nitrogens with one attached hydrogen (secondary N) is 1. The standard InChI is InChI=1S/C33H52N2O/c1-22(2)10-9-11-23(3)27-14-15-28-26-21-31(35-34-24-12-7-6-8-13-24)30-20-25(36)16-18-33(30,5)29(26)17-19-32(27,28)4/h6-8,12-13,22-23,25-30,34,36H,9-11,14-21H2,1-5H3/b35-31-/t23-,25+,26?,27-,28+,29?,30?,32-,33-/m1/s1. The van der Waals surface area contributed by atoms with Crippen molar-refractivity contribution in [2.45, 2.75) is 111 Å². The molecule has 0 aromatic heterocycles. The number of aliphatic hydroxyl groups is 1. The molecule has 0 spiro atoms. The van der Waals surface area contributed by atoms with E-state index in [2.05, 4.69) is 70.4 Å². The number of anilines is 1. The summed E-state index contributed by atoms with van der Waals surface area (Å²) in [6.07, 6.45) is 13.8. The van der Waals surface area contributed by atoms with Gasteiger partial charge >= 0.3 is 0 Å². The molecule has 0 heterocycles. The second kappa shape index (κ2) is 10.4. The van der Waals surface area contributed by atoms with Crippen LogP contribution in [0.4, 0.5) is 5.69 Å². The van der Waals surface area contributed by atoms with Crippen LogP contribution >= 0.6 is 0 Å². The van der Waals surface area contributed by atoms with E-state index in [1.165, 1.54) is 50.7 Å². The zero-order valence-electron chi connectivity index (χ0n) is 23.7. The van der Waals surface area contributed by atoms with E-state index in [4.69, 9.17) is 5.10 Å². The first kappa shape index (κ1) is 26.3. The van der Waals surface area contributed by atoms with Gasteiger partial charge in [-0.25, -0.2) is 0 Å². The third-order valence-electron chi connectivity index (χ3n) is 11.8. The fourth-order valence-corrected chi connectivity index (χ4v) is 9.84. The van der Waals surface area contributed by atoms with Crippen LogP contribution in [0, 0.1) is 52.3 Å². The van der Waals surface area contributed by atoms with Crippen LogP contribution in [0.1, 0.15) is 105 Å². The zero-order valence-corrected chi connectivity index (χ0v) is 23.7. The maximum atomic E-state index is 10.7. The molecule has 3 heteroatoms. The minimum atomic E-state index is -0.169. The number of rotatable bonds is 7. The number of hydrazone groups is 1. The Kier molecular flexibility index (Phi) is 7.61. The third-order valence-corrected chi connectivity index (χ3v) is 11.8. The number of nitrogens with zero attached hydrogens (tertiary/aromatic N) is 1. The van der Waals surface area contributed by atoms with Gasteiger partial charge in [-0.1, -0.05) is 72.1 Å². The van der Waals surface area contributed by atoms with Crippen molar-refractivity contribution < 1.29 is 5.11 Å². The lowest BCUT2D eigenvalue weighted by atomic mass is 9.44. The van der Waals surface area contributed by atoms with Crippen molar-refractivity contribution in [1.29, 1.82) is 0 Å². The molecule has 0 aliphatic heterocycles. The fourth-order valence-electron chi connectivity index (χ4n) is 9.84. The number of para-hydroxylation sites is 1. The van der Waals surface area contributed by atoms with E-state index < -0.39 is 0 Å². The summed E-state index contributed by atoms with van der Waals surface area (Å²) in [5, 5.41) is 15.8. The maximum absolute atomic E-state index is 10.7. The van der Waals surface area contributed by atoms with E-state index in [-0.39, 0.29) is 11.5 Å². The number of hydrogen-bond acceptors (Lipinski definition) is 3. The van der Waals surface area contributed by atoms with Crippen LogP contribution < -0.4 is 5.43 Å². The molecule has 0 bridgehead atoms. The minimum absolute atomic E-state index is 0.169. The van der Waals surface area contributed by atoms with Gasteiger partial charge in [-0.2, -0.15) is 5.10 Å². The van der Waals surface area contributed by atoms with Gasteiger partial charge in [0.15, 0.2) is 0 Å². The van der Waals surface area contributed by atoms with Crippen LogP contribution in [0.2, 0.25) is 0 Å². The Morgan fingerprint density at radius 2 is 1.67 bits per heavy atom. The smallest absolute Gasteiger partial charge is 0.0561 e. The molecule has 1 aromatic rings. The molecule has 0 amide bonds. The summed E-state index contributed by atoms with van der Waals surface area (Å²) >= 11 is 0. The number of benzene rings is 1. The minimum Gasteiger partial charge on any atom is -0.393 e. The van der Waals surface area contributed by atoms with Gasteiger partial charge in [0.2, 0.25) is 0 Å². The molecular weight excluding hydrogens is 440 g/mol. The van der Waals surface area contributed by atoms with Crippen molar-refractivity contribution in [2.75, 3.05) is 5.43 Å².